The lowest BCUT2D eigenvalue weighted by Crippen LogP contribution is -2.39. The predicted molar refractivity (Wildman–Crippen MR) is 77.0 cm³/mol. The van der Waals surface area contributed by atoms with E-state index in [0.29, 0.717) is 12.3 Å². The van der Waals surface area contributed by atoms with Crippen molar-refractivity contribution in [2.45, 2.75) is 45.1 Å². The van der Waals surface area contributed by atoms with Crippen molar-refractivity contribution >= 4 is 11.7 Å². The highest BCUT2D eigenvalue weighted by Crippen LogP contribution is 2.29. The molecule has 1 aliphatic carbocycles. The van der Waals surface area contributed by atoms with Crippen molar-refractivity contribution in [2.75, 3.05) is 11.9 Å². The van der Waals surface area contributed by atoms with Gasteiger partial charge in [0, 0.05) is 0 Å². The number of nitrogens with one attached hydrogen (secondary N) is 1. The molecule has 0 aliphatic heterocycles. The number of benzene rings is 1. The van der Waals surface area contributed by atoms with Gasteiger partial charge in [0.25, 0.3) is 0 Å². The molecule has 20 heavy (non-hydrogen) atoms. The van der Waals surface area contributed by atoms with Gasteiger partial charge < -0.3 is 10.1 Å². The minimum absolute atomic E-state index is 0.224. The van der Waals surface area contributed by atoms with Crippen LogP contribution in [-0.2, 0) is 9.53 Å². The summed E-state index contributed by atoms with van der Waals surface area (Å²) >= 11 is 0. The van der Waals surface area contributed by atoms with E-state index in [1.807, 2.05) is 0 Å². The van der Waals surface area contributed by atoms with Crippen molar-refractivity contribution in [3.63, 3.8) is 0 Å². The quantitative estimate of drug-likeness (QED) is 0.834. The van der Waals surface area contributed by atoms with Crippen LogP contribution in [0.4, 0.5) is 10.1 Å². The average Bonchev–Trinajstić information content (AvgIpc) is 2.47. The molecule has 1 fully saturated rings. The van der Waals surface area contributed by atoms with Crippen LogP contribution in [0, 0.1) is 11.7 Å². The number of ether oxygens (including phenoxy) is 1. The van der Waals surface area contributed by atoms with Gasteiger partial charge in [-0.15, -0.1) is 0 Å². The van der Waals surface area contributed by atoms with E-state index >= 15 is 0 Å². The minimum Gasteiger partial charge on any atom is -0.464 e. The van der Waals surface area contributed by atoms with Crippen molar-refractivity contribution in [1.82, 2.24) is 0 Å². The lowest BCUT2D eigenvalue weighted by atomic mass is 9.83. The normalized spacial score (nSPS) is 17.5. The van der Waals surface area contributed by atoms with Gasteiger partial charge in [0.05, 0.1) is 12.3 Å². The SMILES string of the molecule is CCOC(=O)C(Nc1ccccc1F)C1CCCCC1. The second-order valence-electron chi connectivity index (χ2n) is 5.25. The molecule has 1 atom stereocenters. The van der Waals surface area contributed by atoms with Crippen molar-refractivity contribution in [2.24, 2.45) is 5.92 Å². The standard InChI is InChI=1S/C16H22FNO2/c1-2-20-16(19)15(12-8-4-3-5-9-12)18-14-11-7-6-10-13(14)17/h6-7,10-12,15,18H,2-5,8-9H2,1H3. The third kappa shape index (κ3) is 3.71. The van der Waals surface area contributed by atoms with Gasteiger partial charge in [0.2, 0.25) is 0 Å². The first-order chi connectivity index (χ1) is 9.72. The Morgan fingerprint density at radius 3 is 2.70 bits per heavy atom. The van der Waals surface area contributed by atoms with Crippen LogP contribution in [0.5, 0.6) is 0 Å². The summed E-state index contributed by atoms with van der Waals surface area (Å²) in [5.74, 6) is -0.386. The fourth-order valence-electron chi connectivity index (χ4n) is 2.81. The Bertz CT molecular complexity index is 444. The van der Waals surface area contributed by atoms with E-state index in [-0.39, 0.29) is 17.7 Å². The molecule has 0 saturated heterocycles. The van der Waals surface area contributed by atoms with Crippen molar-refractivity contribution in [1.29, 1.82) is 0 Å². The van der Waals surface area contributed by atoms with Gasteiger partial charge in [0.15, 0.2) is 0 Å². The molecule has 1 aliphatic rings. The third-order valence-corrected chi connectivity index (χ3v) is 3.85. The van der Waals surface area contributed by atoms with E-state index in [4.69, 9.17) is 4.74 Å². The fourth-order valence-corrected chi connectivity index (χ4v) is 2.81. The molecular formula is C16H22FNO2. The smallest absolute Gasteiger partial charge is 0.328 e. The van der Waals surface area contributed by atoms with E-state index in [2.05, 4.69) is 5.32 Å². The number of rotatable bonds is 5. The van der Waals surface area contributed by atoms with Gasteiger partial charge in [-0.25, -0.2) is 9.18 Å². The van der Waals surface area contributed by atoms with E-state index in [9.17, 15) is 9.18 Å². The Morgan fingerprint density at radius 2 is 2.05 bits per heavy atom. The largest absolute Gasteiger partial charge is 0.464 e. The molecule has 0 radical (unpaired) electrons. The van der Waals surface area contributed by atoms with Crippen LogP contribution in [0.15, 0.2) is 24.3 Å². The van der Waals surface area contributed by atoms with Crippen molar-refractivity contribution in [3.8, 4) is 0 Å². The summed E-state index contributed by atoms with van der Waals surface area (Å²) in [5.41, 5.74) is 0.371. The summed E-state index contributed by atoms with van der Waals surface area (Å²) in [6, 6.07) is 6.00. The molecule has 1 N–H and O–H groups in total. The first kappa shape index (κ1) is 14.8. The Hall–Kier alpha value is -1.58. The fraction of sp³-hybridized carbons (Fsp3) is 0.562. The number of hydrogen-bond donors (Lipinski definition) is 1. The van der Waals surface area contributed by atoms with Crippen LogP contribution in [-0.4, -0.2) is 18.6 Å². The topological polar surface area (TPSA) is 38.3 Å². The summed E-state index contributed by atoms with van der Waals surface area (Å²) in [7, 11) is 0. The number of halogens is 1. The van der Waals surface area contributed by atoms with E-state index in [1.165, 1.54) is 12.5 Å². The molecular weight excluding hydrogens is 257 g/mol. The monoisotopic (exact) mass is 279 g/mol. The van der Waals surface area contributed by atoms with Gasteiger partial charge in [0.1, 0.15) is 11.9 Å². The highest BCUT2D eigenvalue weighted by Gasteiger charge is 2.31. The lowest BCUT2D eigenvalue weighted by molar-refractivity contribution is -0.145. The molecule has 1 unspecified atom stereocenters. The van der Waals surface area contributed by atoms with Gasteiger partial charge in [-0.1, -0.05) is 31.4 Å². The molecule has 0 bridgehead atoms. The molecule has 0 amide bonds. The molecule has 4 heteroatoms. The van der Waals surface area contributed by atoms with Gasteiger partial charge >= 0.3 is 5.97 Å². The summed E-state index contributed by atoms with van der Waals surface area (Å²) in [4.78, 5) is 12.2. The Labute approximate surface area is 119 Å². The average molecular weight is 279 g/mol. The predicted octanol–water partition coefficient (Wildman–Crippen LogP) is 3.75. The summed E-state index contributed by atoms with van der Waals surface area (Å²) in [5, 5.41) is 3.05. The Balaban J connectivity index is 2.13. The van der Waals surface area contributed by atoms with E-state index in [0.717, 1.165) is 25.7 Å². The third-order valence-electron chi connectivity index (χ3n) is 3.85. The molecule has 3 nitrogen and oxygen atoms in total. The van der Waals surface area contributed by atoms with Crippen LogP contribution in [0.3, 0.4) is 0 Å². The lowest BCUT2D eigenvalue weighted by Gasteiger charge is -2.30. The molecule has 0 aromatic heterocycles. The number of carbonyl (C=O) groups is 1. The Kier molecular flexibility index (Phi) is 5.39. The molecule has 1 aromatic carbocycles. The van der Waals surface area contributed by atoms with Crippen LogP contribution < -0.4 is 5.32 Å². The highest BCUT2D eigenvalue weighted by molar-refractivity contribution is 5.79. The molecule has 1 saturated carbocycles. The molecule has 1 aromatic rings. The maximum Gasteiger partial charge on any atom is 0.328 e. The van der Waals surface area contributed by atoms with Crippen molar-refractivity contribution < 1.29 is 13.9 Å². The number of carbonyl (C=O) groups excluding carboxylic acids is 1. The van der Waals surface area contributed by atoms with Crippen LogP contribution in [0.25, 0.3) is 0 Å². The summed E-state index contributed by atoms with van der Waals surface area (Å²) < 4.78 is 18.9. The number of anilines is 1. The molecule has 0 spiro atoms. The van der Waals surface area contributed by atoms with E-state index in [1.54, 1.807) is 25.1 Å². The number of hydrogen-bond acceptors (Lipinski definition) is 3. The first-order valence-corrected chi connectivity index (χ1v) is 7.40. The zero-order valence-corrected chi connectivity index (χ0v) is 11.9. The second kappa shape index (κ2) is 7.27. The van der Waals surface area contributed by atoms with Gasteiger partial charge in [-0.2, -0.15) is 0 Å². The van der Waals surface area contributed by atoms with Gasteiger partial charge in [-0.3, -0.25) is 0 Å². The van der Waals surface area contributed by atoms with Crippen LogP contribution in [0.1, 0.15) is 39.0 Å². The van der Waals surface area contributed by atoms with E-state index < -0.39 is 6.04 Å². The highest BCUT2D eigenvalue weighted by atomic mass is 19.1. The summed E-state index contributed by atoms with van der Waals surface area (Å²) in [6.07, 6.45) is 5.45. The van der Waals surface area contributed by atoms with Crippen LogP contribution >= 0.6 is 0 Å². The zero-order valence-electron chi connectivity index (χ0n) is 11.9. The number of para-hydroxylation sites is 1. The molecule has 110 valence electrons. The maximum atomic E-state index is 13.8. The Morgan fingerprint density at radius 1 is 1.35 bits per heavy atom. The molecule has 2 rings (SSSR count). The van der Waals surface area contributed by atoms with Crippen molar-refractivity contribution in [3.05, 3.63) is 30.1 Å². The van der Waals surface area contributed by atoms with Gasteiger partial charge in [-0.05, 0) is 37.8 Å². The van der Waals surface area contributed by atoms with Crippen LogP contribution in [0.2, 0.25) is 0 Å². The first-order valence-electron chi connectivity index (χ1n) is 7.40. The second-order valence-corrected chi connectivity index (χ2v) is 5.25. The maximum absolute atomic E-state index is 13.8. The number of esters is 1. The zero-order chi connectivity index (χ0) is 14.4. The minimum atomic E-state index is -0.452. The summed E-state index contributed by atoms with van der Waals surface area (Å²) in [6.45, 7) is 2.14. The molecule has 0 heterocycles.